The first kappa shape index (κ1) is 25.4. The summed E-state index contributed by atoms with van der Waals surface area (Å²) in [5.74, 6) is -0.492. The van der Waals surface area contributed by atoms with Crippen LogP contribution in [0.5, 0.6) is 0 Å². The monoisotopic (exact) mass is 501 g/mol. The Morgan fingerprint density at radius 3 is 2.61 bits per heavy atom. The van der Waals surface area contributed by atoms with Crippen LogP contribution in [-0.2, 0) is 15.7 Å². The van der Waals surface area contributed by atoms with Gasteiger partial charge in [0.1, 0.15) is 17.4 Å². The van der Waals surface area contributed by atoms with Gasteiger partial charge in [-0.1, -0.05) is 20.8 Å². The molecular formula is C24H26F3N7O2. The van der Waals surface area contributed by atoms with Crippen LogP contribution in [0.4, 0.5) is 24.8 Å². The summed E-state index contributed by atoms with van der Waals surface area (Å²) in [6.45, 7) is 9.86. The van der Waals surface area contributed by atoms with Crippen LogP contribution >= 0.6 is 0 Å². The van der Waals surface area contributed by atoms with Crippen LogP contribution in [0.1, 0.15) is 44.5 Å². The average Bonchev–Trinajstić information content (AvgIpc) is 3.13. The number of morpholine rings is 1. The van der Waals surface area contributed by atoms with E-state index in [2.05, 4.69) is 26.5 Å². The van der Waals surface area contributed by atoms with Gasteiger partial charge in [-0.2, -0.15) is 18.4 Å². The summed E-state index contributed by atoms with van der Waals surface area (Å²) in [7, 11) is 0. The highest BCUT2D eigenvalue weighted by Crippen LogP contribution is 2.38. The zero-order valence-electron chi connectivity index (χ0n) is 20.6. The second-order valence-electron chi connectivity index (χ2n) is 9.75. The second kappa shape index (κ2) is 9.05. The molecule has 0 spiro atoms. The molecule has 9 nitrogen and oxygen atoms in total. The van der Waals surface area contributed by atoms with Crippen molar-refractivity contribution in [1.82, 2.24) is 19.6 Å². The molecule has 4 rings (SSSR count). The number of nitrogens with zero attached hydrogens (tertiary/aromatic N) is 6. The van der Waals surface area contributed by atoms with Crippen LogP contribution in [0.25, 0.3) is 16.9 Å². The van der Waals surface area contributed by atoms with Gasteiger partial charge in [0.15, 0.2) is 11.6 Å². The van der Waals surface area contributed by atoms with Crippen molar-refractivity contribution in [3.8, 4) is 17.5 Å². The Bertz CT molecular complexity index is 1370. The minimum Gasteiger partial charge on any atom is -0.377 e. The predicted octanol–water partition coefficient (Wildman–Crippen LogP) is 4.20. The summed E-state index contributed by atoms with van der Waals surface area (Å²) in [6, 6.07) is 4.41. The number of amides is 1. The molecular weight excluding hydrogens is 475 g/mol. The lowest BCUT2D eigenvalue weighted by molar-refractivity contribution is -0.137. The van der Waals surface area contributed by atoms with Gasteiger partial charge in [0, 0.05) is 18.2 Å². The highest BCUT2D eigenvalue weighted by Gasteiger charge is 2.36. The zero-order valence-corrected chi connectivity index (χ0v) is 20.6. The average molecular weight is 502 g/mol. The molecule has 1 N–H and O–H groups in total. The molecule has 3 aromatic rings. The van der Waals surface area contributed by atoms with Gasteiger partial charge in [-0.3, -0.25) is 4.79 Å². The smallest absolute Gasteiger partial charge is 0.377 e. The number of hydrogen-bond donors (Lipinski definition) is 1. The minimum atomic E-state index is -4.77. The number of fused-ring (bicyclic) bond motifs is 1. The predicted molar refractivity (Wildman–Crippen MR) is 126 cm³/mol. The van der Waals surface area contributed by atoms with Crippen molar-refractivity contribution in [3.63, 3.8) is 0 Å². The van der Waals surface area contributed by atoms with E-state index in [9.17, 15) is 23.2 Å². The molecule has 0 bridgehead atoms. The van der Waals surface area contributed by atoms with Crippen molar-refractivity contribution >= 4 is 23.1 Å². The molecule has 1 aliphatic heterocycles. The fourth-order valence-electron chi connectivity index (χ4n) is 3.88. The number of rotatable bonds is 3. The first-order valence-electron chi connectivity index (χ1n) is 11.3. The van der Waals surface area contributed by atoms with Gasteiger partial charge in [-0.25, -0.2) is 14.5 Å². The minimum absolute atomic E-state index is 0.0961. The van der Waals surface area contributed by atoms with E-state index in [0.29, 0.717) is 42.4 Å². The Balaban J connectivity index is 1.92. The molecule has 0 saturated carbocycles. The first-order chi connectivity index (χ1) is 16.8. The molecule has 1 aliphatic rings. The molecule has 1 atom stereocenters. The molecule has 190 valence electrons. The van der Waals surface area contributed by atoms with Crippen molar-refractivity contribution < 1.29 is 22.7 Å². The van der Waals surface area contributed by atoms with Crippen LogP contribution < -0.4 is 10.2 Å². The number of carbonyl (C=O) groups is 1. The van der Waals surface area contributed by atoms with Crippen molar-refractivity contribution in [2.24, 2.45) is 5.41 Å². The quantitative estimate of drug-likeness (QED) is 0.573. The molecule has 0 aliphatic carbocycles. The Hall–Kier alpha value is -3.72. The fourth-order valence-corrected chi connectivity index (χ4v) is 3.88. The standard InChI is InChI=1S/C24H26F3N7O2/c1-13-12-36-7-6-33(13)21-18-8-15(10-28)14(2)34(18)32-20(31-21)16-11-29-19(9-17(16)24(25,26)27)30-22(35)23(3,4)5/h8-9,11,13H,6-7,12H2,1-5H3,(H,29,30,35)/t13-/m0/s1. The third-order valence-electron chi connectivity index (χ3n) is 5.99. The van der Waals surface area contributed by atoms with Gasteiger partial charge in [0.05, 0.1) is 41.6 Å². The summed E-state index contributed by atoms with van der Waals surface area (Å²) in [5, 5.41) is 16.3. The van der Waals surface area contributed by atoms with E-state index in [4.69, 9.17) is 4.74 Å². The van der Waals surface area contributed by atoms with Gasteiger partial charge in [-0.15, -0.1) is 5.10 Å². The zero-order chi connectivity index (χ0) is 26.4. The Morgan fingerprint density at radius 1 is 1.28 bits per heavy atom. The Morgan fingerprint density at radius 2 is 2.00 bits per heavy atom. The Labute approximate surface area is 205 Å². The number of ether oxygens (including phenoxy) is 1. The van der Waals surface area contributed by atoms with Crippen LogP contribution in [0.3, 0.4) is 0 Å². The van der Waals surface area contributed by atoms with Gasteiger partial charge >= 0.3 is 6.18 Å². The number of nitriles is 1. The summed E-state index contributed by atoms with van der Waals surface area (Å²) < 4.78 is 49.5. The highest BCUT2D eigenvalue weighted by molar-refractivity contribution is 5.94. The lowest BCUT2D eigenvalue weighted by Gasteiger charge is -2.34. The van der Waals surface area contributed by atoms with Crippen LogP contribution in [0.15, 0.2) is 18.3 Å². The topological polar surface area (TPSA) is 108 Å². The van der Waals surface area contributed by atoms with E-state index in [1.807, 2.05) is 11.8 Å². The van der Waals surface area contributed by atoms with E-state index in [1.54, 1.807) is 33.8 Å². The molecule has 1 fully saturated rings. The molecule has 4 heterocycles. The summed E-state index contributed by atoms with van der Waals surface area (Å²) in [4.78, 5) is 22.8. The second-order valence-corrected chi connectivity index (χ2v) is 9.75. The summed E-state index contributed by atoms with van der Waals surface area (Å²) in [6.07, 6.45) is -3.76. The maximum atomic E-state index is 14.2. The van der Waals surface area contributed by atoms with Crippen LogP contribution in [0.2, 0.25) is 0 Å². The largest absolute Gasteiger partial charge is 0.417 e. The number of aryl methyl sites for hydroxylation is 1. The van der Waals surface area contributed by atoms with Gasteiger partial charge in [0.2, 0.25) is 5.91 Å². The number of aromatic nitrogens is 4. The number of alkyl halides is 3. The lowest BCUT2D eigenvalue weighted by atomic mass is 9.96. The molecule has 0 radical (unpaired) electrons. The molecule has 36 heavy (non-hydrogen) atoms. The van der Waals surface area contributed by atoms with Gasteiger partial charge < -0.3 is 15.0 Å². The van der Waals surface area contributed by atoms with E-state index < -0.39 is 23.1 Å². The molecule has 0 aromatic carbocycles. The number of halogens is 3. The van der Waals surface area contributed by atoms with Crippen LogP contribution in [0, 0.1) is 23.7 Å². The first-order valence-corrected chi connectivity index (χ1v) is 11.3. The molecule has 1 amide bonds. The van der Waals surface area contributed by atoms with E-state index in [0.717, 1.165) is 12.3 Å². The molecule has 12 heteroatoms. The number of nitrogens with one attached hydrogen (secondary N) is 1. The van der Waals surface area contributed by atoms with E-state index >= 15 is 0 Å². The van der Waals surface area contributed by atoms with Crippen molar-refractivity contribution in [2.45, 2.75) is 46.8 Å². The summed E-state index contributed by atoms with van der Waals surface area (Å²) in [5.41, 5.74) is -0.857. The van der Waals surface area contributed by atoms with Crippen LogP contribution in [-0.4, -0.2) is 51.3 Å². The van der Waals surface area contributed by atoms with Gasteiger partial charge in [-0.05, 0) is 26.0 Å². The maximum absolute atomic E-state index is 14.2. The Kier molecular flexibility index (Phi) is 6.38. The molecule has 0 unspecified atom stereocenters. The maximum Gasteiger partial charge on any atom is 0.417 e. The lowest BCUT2D eigenvalue weighted by Crippen LogP contribution is -2.44. The highest BCUT2D eigenvalue weighted by atomic mass is 19.4. The van der Waals surface area contributed by atoms with Crippen molar-refractivity contribution in [2.75, 3.05) is 30.0 Å². The third-order valence-corrected chi connectivity index (χ3v) is 5.99. The normalized spacial score (nSPS) is 16.8. The third kappa shape index (κ3) is 4.70. The number of carbonyl (C=O) groups excluding carboxylic acids is 1. The number of hydrogen-bond acceptors (Lipinski definition) is 7. The van der Waals surface area contributed by atoms with Crippen molar-refractivity contribution in [1.29, 1.82) is 5.26 Å². The summed E-state index contributed by atoms with van der Waals surface area (Å²) >= 11 is 0. The van der Waals surface area contributed by atoms with E-state index in [-0.39, 0.29) is 23.2 Å². The fraction of sp³-hybridized carbons (Fsp3) is 0.458. The molecule has 1 saturated heterocycles. The number of anilines is 2. The van der Waals surface area contributed by atoms with Gasteiger partial charge in [0.25, 0.3) is 0 Å². The SMILES string of the molecule is Cc1c(C#N)cc2c(N3CCOC[C@@H]3C)nc(-c3cnc(NC(=O)C(C)(C)C)cc3C(F)(F)F)nn12. The number of pyridine rings is 1. The van der Waals surface area contributed by atoms with E-state index in [1.165, 1.54) is 4.52 Å². The van der Waals surface area contributed by atoms with Crippen molar-refractivity contribution in [3.05, 3.63) is 35.2 Å². The molecule has 3 aromatic heterocycles.